The zero-order valence-corrected chi connectivity index (χ0v) is 17.7. The molecule has 1 saturated heterocycles. The van der Waals surface area contributed by atoms with E-state index in [1.54, 1.807) is 25.3 Å². The number of likely N-dealkylation sites (tertiary alicyclic amines) is 1. The molecule has 0 radical (unpaired) electrons. The average Bonchev–Trinajstić information content (AvgIpc) is 2.59. The van der Waals surface area contributed by atoms with Gasteiger partial charge in [0.15, 0.2) is 5.96 Å². The summed E-state index contributed by atoms with van der Waals surface area (Å²) >= 11 is 0. The molecule has 26 heavy (non-hydrogen) atoms. The van der Waals surface area contributed by atoms with Gasteiger partial charge in [0.2, 0.25) is 5.91 Å². The third-order valence-corrected chi connectivity index (χ3v) is 4.33. The van der Waals surface area contributed by atoms with Crippen LogP contribution in [0.15, 0.2) is 23.2 Å². The smallest absolute Gasteiger partial charge is 0.217 e. The molecule has 1 aliphatic rings. The van der Waals surface area contributed by atoms with Gasteiger partial charge >= 0.3 is 0 Å². The first-order valence-electron chi connectivity index (χ1n) is 8.71. The number of aromatic hydroxyl groups is 1. The number of guanidine groups is 1. The Morgan fingerprint density at radius 2 is 2.27 bits per heavy atom. The number of carbonyl (C=O) groups is 1. The summed E-state index contributed by atoms with van der Waals surface area (Å²) in [5.41, 5.74) is 6.05. The normalized spacial score (nSPS) is 17.4. The molecule has 1 aliphatic heterocycles. The van der Waals surface area contributed by atoms with Crippen LogP contribution in [-0.4, -0.2) is 48.6 Å². The second-order valence-electron chi connectivity index (χ2n) is 6.29. The van der Waals surface area contributed by atoms with Crippen molar-refractivity contribution in [3.63, 3.8) is 0 Å². The first-order valence-corrected chi connectivity index (χ1v) is 8.71. The molecule has 1 heterocycles. The number of methoxy groups -OCH3 is 1. The van der Waals surface area contributed by atoms with E-state index in [1.165, 1.54) is 0 Å². The molecule has 1 unspecified atom stereocenters. The topological polar surface area (TPSA) is 100 Å². The number of amides is 1. The second kappa shape index (κ2) is 11.1. The molecular weight excluding hydrogens is 447 g/mol. The Morgan fingerprint density at radius 1 is 1.50 bits per heavy atom. The van der Waals surface area contributed by atoms with E-state index in [0.29, 0.717) is 24.3 Å². The van der Waals surface area contributed by atoms with Crippen molar-refractivity contribution in [3.8, 4) is 11.5 Å². The number of ether oxygens (including phenoxy) is 1. The summed E-state index contributed by atoms with van der Waals surface area (Å²) in [5.74, 6) is 1.69. The average molecular weight is 476 g/mol. The molecule has 1 aromatic carbocycles. The minimum absolute atomic E-state index is 0. The van der Waals surface area contributed by atoms with Crippen molar-refractivity contribution in [3.05, 3.63) is 23.8 Å². The highest BCUT2D eigenvalue weighted by molar-refractivity contribution is 14.0. The van der Waals surface area contributed by atoms with Crippen LogP contribution in [0.1, 0.15) is 31.7 Å². The van der Waals surface area contributed by atoms with Gasteiger partial charge in [-0.2, -0.15) is 0 Å². The summed E-state index contributed by atoms with van der Waals surface area (Å²) in [6, 6.07) is 5.11. The maximum atomic E-state index is 11.2. The van der Waals surface area contributed by atoms with Crippen LogP contribution in [0.3, 0.4) is 0 Å². The molecule has 146 valence electrons. The van der Waals surface area contributed by atoms with E-state index < -0.39 is 0 Å². The molecule has 8 heteroatoms. The molecule has 0 saturated carbocycles. The number of primary amides is 1. The number of phenolic OH excluding ortho intramolecular Hbond substituents is 1. The van der Waals surface area contributed by atoms with E-state index in [4.69, 9.17) is 10.5 Å². The first-order chi connectivity index (χ1) is 12.0. The maximum Gasteiger partial charge on any atom is 0.217 e. The number of nitrogens with two attached hydrogens (primary N) is 1. The van der Waals surface area contributed by atoms with E-state index in [-0.39, 0.29) is 41.6 Å². The number of nitrogens with zero attached hydrogens (tertiary/aromatic N) is 2. The van der Waals surface area contributed by atoms with Crippen LogP contribution in [0, 0.1) is 5.92 Å². The minimum atomic E-state index is -0.255. The van der Waals surface area contributed by atoms with Crippen molar-refractivity contribution in [1.82, 2.24) is 10.2 Å². The van der Waals surface area contributed by atoms with Gasteiger partial charge in [0, 0.05) is 31.6 Å². The number of rotatable bonds is 6. The summed E-state index contributed by atoms with van der Waals surface area (Å²) < 4.78 is 5.20. The number of hydrogen-bond acceptors (Lipinski definition) is 4. The van der Waals surface area contributed by atoms with E-state index in [2.05, 4.69) is 15.2 Å². The number of piperidine rings is 1. The standard InChI is InChI=1S/C18H28N4O3.HI/c1-3-20-18(22-8-4-5-13(12-22)9-17(19)24)21-11-14-10-15(25-2)6-7-16(14)23;/h6-7,10,13,23H,3-5,8-9,11-12H2,1-2H3,(H2,19,24)(H,20,21);1H. The van der Waals surface area contributed by atoms with E-state index in [1.807, 2.05) is 6.92 Å². The van der Waals surface area contributed by atoms with Crippen LogP contribution in [0.4, 0.5) is 0 Å². The van der Waals surface area contributed by atoms with Crippen molar-refractivity contribution >= 4 is 35.8 Å². The number of benzene rings is 1. The molecule has 0 aliphatic carbocycles. The molecule has 1 atom stereocenters. The SMILES string of the molecule is CCNC(=NCc1cc(OC)ccc1O)N1CCCC(CC(N)=O)C1.I. The molecule has 7 nitrogen and oxygen atoms in total. The van der Waals surface area contributed by atoms with Crippen molar-refractivity contribution in [2.24, 2.45) is 16.6 Å². The fourth-order valence-corrected chi connectivity index (χ4v) is 3.11. The lowest BCUT2D eigenvalue weighted by molar-refractivity contribution is -0.119. The summed E-state index contributed by atoms with van der Waals surface area (Å²) in [6.45, 7) is 4.77. The van der Waals surface area contributed by atoms with Crippen molar-refractivity contribution in [2.75, 3.05) is 26.7 Å². The third kappa shape index (κ3) is 6.54. The monoisotopic (exact) mass is 476 g/mol. The van der Waals surface area contributed by atoms with Gasteiger partial charge < -0.3 is 25.8 Å². The fraction of sp³-hybridized carbons (Fsp3) is 0.556. The molecule has 0 aromatic heterocycles. The lowest BCUT2D eigenvalue weighted by Crippen LogP contribution is -2.47. The Balaban J connectivity index is 0.00000338. The summed E-state index contributed by atoms with van der Waals surface area (Å²) in [7, 11) is 1.59. The van der Waals surface area contributed by atoms with Crippen LogP contribution >= 0.6 is 24.0 Å². The predicted octanol–water partition coefficient (Wildman–Crippen LogP) is 2.07. The Morgan fingerprint density at radius 3 is 2.92 bits per heavy atom. The number of halogens is 1. The van der Waals surface area contributed by atoms with Gasteiger partial charge in [0.25, 0.3) is 0 Å². The molecule has 4 N–H and O–H groups in total. The zero-order valence-electron chi connectivity index (χ0n) is 15.4. The van der Waals surface area contributed by atoms with E-state index >= 15 is 0 Å². The number of hydrogen-bond donors (Lipinski definition) is 3. The Hall–Kier alpha value is -1.71. The van der Waals surface area contributed by atoms with Gasteiger partial charge in [-0.15, -0.1) is 24.0 Å². The number of phenols is 1. The molecule has 2 rings (SSSR count). The van der Waals surface area contributed by atoms with Gasteiger partial charge in [-0.05, 0) is 43.9 Å². The largest absolute Gasteiger partial charge is 0.508 e. The number of carbonyl (C=O) groups excluding carboxylic acids is 1. The lowest BCUT2D eigenvalue weighted by atomic mass is 9.95. The first kappa shape index (κ1) is 22.3. The predicted molar refractivity (Wildman–Crippen MR) is 113 cm³/mol. The minimum Gasteiger partial charge on any atom is -0.508 e. The second-order valence-corrected chi connectivity index (χ2v) is 6.29. The van der Waals surface area contributed by atoms with Crippen LogP contribution in [-0.2, 0) is 11.3 Å². The van der Waals surface area contributed by atoms with Crippen LogP contribution in [0.2, 0.25) is 0 Å². The summed E-state index contributed by atoms with van der Waals surface area (Å²) in [5, 5.41) is 13.3. The summed E-state index contributed by atoms with van der Waals surface area (Å²) in [4.78, 5) is 18.0. The molecule has 0 bridgehead atoms. The highest BCUT2D eigenvalue weighted by Gasteiger charge is 2.23. The number of aliphatic imine (C=N–C) groups is 1. The van der Waals surface area contributed by atoms with Gasteiger partial charge in [-0.3, -0.25) is 4.79 Å². The molecule has 0 spiro atoms. The van der Waals surface area contributed by atoms with Gasteiger partial charge in [0.05, 0.1) is 13.7 Å². The molecule has 1 amide bonds. The zero-order chi connectivity index (χ0) is 18.2. The van der Waals surface area contributed by atoms with Crippen LogP contribution < -0.4 is 15.8 Å². The van der Waals surface area contributed by atoms with E-state index in [9.17, 15) is 9.90 Å². The van der Waals surface area contributed by atoms with Crippen molar-refractivity contribution < 1.29 is 14.6 Å². The van der Waals surface area contributed by atoms with Crippen LogP contribution in [0.5, 0.6) is 11.5 Å². The third-order valence-electron chi connectivity index (χ3n) is 4.33. The summed E-state index contributed by atoms with van der Waals surface area (Å²) in [6.07, 6.45) is 2.43. The quantitative estimate of drug-likeness (QED) is 0.332. The molecule has 1 aromatic rings. The fourth-order valence-electron chi connectivity index (χ4n) is 3.11. The highest BCUT2D eigenvalue weighted by atomic mass is 127. The van der Waals surface area contributed by atoms with E-state index in [0.717, 1.165) is 38.4 Å². The lowest BCUT2D eigenvalue weighted by Gasteiger charge is -2.34. The maximum absolute atomic E-state index is 11.2. The molecule has 1 fully saturated rings. The Bertz CT molecular complexity index is 624. The van der Waals surface area contributed by atoms with Gasteiger partial charge in [0.1, 0.15) is 11.5 Å². The van der Waals surface area contributed by atoms with Crippen molar-refractivity contribution in [1.29, 1.82) is 0 Å². The Kier molecular flexibility index (Phi) is 9.53. The van der Waals surface area contributed by atoms with Gasteiger partial charge in [-0.25, -0.2) is 4.99 Å². The highest BCUT2D eigenvalue weighted by Crippen LogP contribution is 2.24. The van der Waals surface area contributed by atoms with Crippen LogP contribution in [0.25, 0.3) is 0 Å². The number of nitrogens with one attached hydrogen (secondary N) is 1. The Labute approximate surface area is 172 Å². The van der Waals surface area contributed by atoms with Crippen molar-refractivity contribution in [2.45, 2.75) is 32.7 Å². The molecular formula is C18H29IN4O3. The van der Waals surface area contributed by atoms with Gasteiger partial charge in [-0.1, -0.05) is 0 Å².